The van der Waals surface area contributed by atoms with Crippen LogP contribution in [0.5, 0.6) is 5.75 Å². The van der Waals surface area contributed by atoms with Crippen LogP contribution in [0.25, 0.3) is 6.08 Å². The second kappa shape index (κ2) is 4.91. The molecule has 0 bridgehead atoms. The van der Waals surface area contributed by atoms with E-state index in [1.807, 2.05) is 12.1 Å². The van der Waals surface area contributed by atoms with Gasteiger partial charge in [0.25, 0.3) is 0 Å². The number of piperidine rings is 1. The average molecular weight is 233 g/mol. The number of nitrogens with zero attached hydrogens (tertiary/aromatic N) is 1. The standard InChI is InChI=1S/C13H15NO3/c15-12-3-1-2-11(9-12)8-10-4-6-14(7-5-10)13(16)17/h1-3,8-9,15H,4-7H2,(H,16,17). The van der Waals surface area contributed by atoms with Gasteiger partial charge in [-0.2, -0.15) is 0 Å². The monoisotopic (exact) mass is 233 g/mol. The predicted octanol–water partition coefficient (Wildman–Crippen LogP) is 2.55. The Morgan fingerprint density at radius 2 is 2.00 bits per heavy atom. The van der Waals surface area contributed by atoms with Gasteiger partial charge in [-0.1, -0.05) is 23.8 Å². The summed E-state index contributed by atoms with van der Waals surface area (Å²) in [6, 6.07) is 7.07. The van der Waals surface area contributed by atoms with E-state index in [4.69, 9.17) is 5.11 Å². The van der Waals surface area contributed by atoms with Gasteiger partial charge in [0.2, 0.25) is 0 Å². The molecule has 17 heavy (non-hydrogen) atoms. The summed E-state index contributed by atoms with van der Waals surface area (Å²) in [5.41, 5.74) is 2.19. The molecule has 1 aliphatic rings. The van der Waals surface area contributed by atoms with E-state index in [0.717, 1.165) is 18.4 Å². The molecular weight excluding hydrogens is 218 g/mol. The number of aromatic hydroxyl groups is 1. The first kappa shape index (κ1) is 11.5. The number of hydrogen-bond donors (Lipinski definition) is 2. The van der Waals surface area contributed by atoms with Crippen molar-refractivity contribution in [3.8, 4) is 5.75 Å². The molecule has 4 nitrogen and oxygen atoms in total. The highest BCUT2D eigenvalue weighted by atomic mass is 16.4. The molecule has 0 atom stereocenters. The number of amides is 1. The molecule has 4 heteroatoms. The number of phenols is 1. The van der Waals surface area contributed by atoms with Gasteiger partial charge in [-0.25, -0.2) is 4.79 Å². The van der Waals surface area contributed by atoms with Crippen molar-refractivity contribution < 1.29 is 15.0 Å². The molecule has 1 amide bonds. The highest BCUT2D eigenvalue weighted by Gasteiger charge is 2.17. The zero-order valence-corrected chi connectivity index (χ0v) is 9.47. The Bertz CT molecular complexity index is 444. The van der Waals surface area contributed by atoms with Crippen LogP contribution in [0.3, 0.4) is 0 Å². The fourth-order valence-electron chi connectivity index (χ4n) is 1.98. The van der Waals surface area contributed by atoms with E-state index in [9.17, 15) is 9.90 Å². The van der Waals surface area contributed by atoms with Crippen LogP contribution in [0, 0.1) is 0 Å². The van der Waals surface area contributed by atoms with E-state index in [1.165, 1.54) is 10.5 Å². The zero-order valence-electron chi connectivity index (χ0n) is 9.47. The van der Waals surface area contributed by atoms with Crippen LogP contribution in [0.4, 0.5) is 4.79 Å². The average Bonchev–Trinajstić information content (AvgIpc) is 2.29. The normalized spacial score (nSPS) is 15.8. The summed E-state index contributed by atoms with van der Waals surface area (Å²) in [6.45, 7) is 1.11. The largest absolute Gasteiger partial charge is 0.508 e. The molecule has 2 N–H and O–H groups in total. The van der Waals surface area contributed by atoms with Crippen LogP contribution < -0.4 is 0 Å². The first-order valence-corrected chi connectivity index (χ1v) is 5.61. The van der Waals surface area contributed by atoms with E-state index < -0.39 is 6.09 Å². The highest BCUT2D eigenvalue weighted by molar-refractivity contribution is 5.65. The van der Waals surface area contributed by atoms with Crippen molar-refractivity contribution >= 4 is 12.2 Å². The van der Waals surface area contributed by atoms with E-state index in [2.05, 4.69) is 0 Å². The third kappa shape index (κ3) is 3.00. The SMILES string of the molecule is O=C(O)N1CCC(=Cc2cccc(O)c2)CC1. The molecule has 90 valence electrons. The summed E-state index contributed by atoms with van der Waals surface area (Å²) >= 11 is 0. The Labute approximate surface area is 99.8 Å². The smallest absolute Gasteiger partial charge is 0.407 e. The third-order valence-electron chi connectivity index (χ3n) is 2.92. The van der Waals surface area contributed by atoms with Crippen molar-refractivity contribution in [2.24, 2.45) is 0 Å². The molecule has 1 heterocycles. The summed E-state index contributed by atoms with van der Waals surface area (Å²) in [6.07, 6.45) is 2.71. The summed E-state index contributed by atoms with van der Waals surface area (Å²) < 4.78 is 0. The fraction of sp³-hybridized carbons (Fsp3) is 0.308. The first-order chi connectivity index (χ1) is 8.15. The minimum atomic E-state index is -0.846. The second-order valence-electron chi connectivity index (χ2n) is 4.17. The molecule has 0 aliphatic carbocycles. The van der Waals surface area contributed by atoms with E-state index in [0.29, 0.717) is 13.1 Å². The fourth-order valence-corrected chi connectivity index (χ4v) is 1.98. The first-order valence-electron chi connectivity index (χ1n) is 5.61. The number of carboxylic acid groups (broad SMARTS) is 1. The number of rotatable bonds is 1. The molecule has 1 aliphatic heterocycles. The molecule has 1 aromatic rings. The molecule has 1 saturated heterocycles. The van der Waals surface area contributed by atoms with Crippen LogP contribution in [0.1, 0.15) is 18.4 Å². The summed E-state index contributed by atoms with van der Waals surface area (Å²) in [5.74, 6) is 0.252. The Balaban J connectivity index is 2.03. The third-order valence-corrected chi connectivity index (χ3v) is 2.92. The molecule has 0 spiro atoms. The van der Waals surface area contributed by atoms with Crippen LogP contribution in [0.15, 0.2) is 29.8 Å². The molecule has 0 aromatic heterocycles. The van der Waals surface area contributed by atoms with Crippen molar-refractivity contribution in [3.05, 3.63) is 35.4 Å². The second-order valence-corrected chi connectivity index (χ2v) is 4.17. The van der Waals surface area contributed by atoms with Gasteiger partial charge in [-0.15, -0.1) is 0 Å². The summed E-state index contributed by atoms with van der Waals surface area (Å²) in [7, 11) is 0. The lowest BCUT2D eigenvalue weighted by Crippen LogP contribution is -2.35. The molecule has 1 aromatic carbocycles. The van der Waals surface area contributed by atoms with Gasteiger partial charge in [0, 0.05) is 13.1 Å². The Hall–Kier alpha value is -1.97. The van der Waals surface area contributed by atoms with Gasteiger partial charge in [0.05, 0.1) is 0 Å². The van der Waals surface area contributed by atoms with Crippen LogP contribution >= 0.6 is 0 Å². The minimum Gasteiger partial charge on any atom is -0.508 e. The van der Waals surface area contributed by atoms with Gasteiger partial charge in [-0.3, -0.25) is 0 Å². The number of benzene rings is 1. The Morgan fingerprint density at radius 1 is 1.29 bits per heavy atom. The molecule has 2 rings (SSSR count). The van der Waals surface area contributed by atoms with Gasteiger partial charge >= 0.3 is 6.09 Å². The predicted molar refractivity (Wildman–Crippen MR) is 64.9 cm³/mol. The number of phenolic OH excluding ortho intramolecular Hbond substituents is 1. The van der Waals surface area contributed by atoms with E-state index >= 15 is 0 Å². The lowest BCUT2D eigenvalue weighted by atomic mass is 10.0. The maximum absolute atomic E-state index is 10.7. The molecule has 0 unspecified atom stereocenters. The van der Waals surface area contributed by atoms with Crippen molar-refractivity contribution in [2.75, 3.05) is 13.1 Å². The minimum absolute atomic E-state index is 0.252. The quantitative estimate of drug-likeness (QED) is 0.783. The zero-order chi connectivity index (χ0) is 12.3. The Morgan fingerprint density at radius 3 is 2.59 bits per heavy atom. The van der Waals surface area contributed by atoms with Crippen LogP contribution in [-0.2, 0) is 0 Å². The van der Waals surface area contributed by atoms with E-state index in [1.54, 1.807) is 18.2 Å². The van der Waals surface area contributed by atoms with Gasteiger partial charge in [-0.05, 0) is 30.5 Å². The summed E-state index contributed by atoms with van der Waals surface area (Å²) in [4.78, 5) is 12.2. The van der Waals surface area contributed by atoms with Crippen molar-refractivity contribution in [3.63, 3.8) is 0 Å². The molecule has 0 saturated carbocycles. The topological polar surface area (TPSA) is 60.8 Å². The molecule has 0 radical (unpaired) electrons. The molecular formula is C13H15NO3. The van der Waals surface area contributed by atoms with E-state index in [-0.39, 0.29) is 5.75 Å². The van der Waals surface area contributed by atoms with Crippen molar-refractivity contribution in [1.29, 1.82) is 0 Å². The van der Waals surface area contributed by atoms with Crippen LogP contribution in [0.2, 0.25) is 0 Å². The highest BCUT2D eigenvalue weighted by Crippen LogP contribution is 2.21. The lowest BCUT2D eigenvalue weighted by Gasteiger charge is -2.25. The van der Waals surface area contributed by atoms with Crippen molar-refractivity contribution in [2.45, 2.75) is 12.8 Å². The van der Waals surface area contributed by atoms with Gasteiger partial charge < -0.3 is 15.1 Å². The number of hydrogen-bond acceptors (Lipinski definition) is 2. The maximum Gasteiger partial charge on any atom is 0.407 e. The summed E-state index contributed by atoms with van der Waals surface area (Å²) in [5, 5.41) is 18.2. The lowest BCUT2D eigenvalue weighted by molar-refractivity contribution is 0.142. The molecule has 1 fully saturated rings. The van der Waals surface area contributed by atoms with Gasteiger partial charge in [0.15, 0.2) is 0 Å². The maximum atomic E-state index is 10.7. The Kier molecular flexibility index (Phi) is 3.32. The number of likely N-dealkylation sites (tertiary alicyclic amines) is 1. The van der Waals surface area contributed by atoms with Crippen molar-refractivity contribution in [1.82, 2.24) is 4.90 Å². The number of carbonyl (C=O) groups is 1. The van der Waals surface area contributed by atoms with Gasteiger partial charge in [0.1, 0.15) is 5.75 Å². The van der Waals surface area contributed by atoms with Crippen LogP contribution in [-0.4, -0.2) is 34.3 Å².